The predicted octanol–water partition coefficient (Wildman–Crippen LogP) is 1.54. The lowest BCUT2D eigenvalue weighted by atomic mass is 10.1. The predicted molar refractivity (Wildman–Crippen MR) is 81.4 cm³/mol. The molecule has 2 rings (SSSR count). The van der Waals surface area contributed by atoms with Crippen molar-refractivity contribution in [3.63, 3.8) is 0 Å². The fourth-order valence-electron chi connectivity index (χ4n) is 2.10. The number of pyridine rings is 1. The summed E-state index contributed by atoms with van der Waals surface area (Å²) in [5, 5.41) is 6.18. The Kier molecular flexibility index (Phi) is 5.52. The van der Waals surface area contributed by atoms with E-state index in [4.69, 9.17) is 0 Å². The van der Waals surface area contributed by atoms with Gasteiger partial charge in [0.1, 0.15) is 5.69 Å². The third-order valence-corrected chi connectivity index (χ3v) is 4.68. The number of aromatic nitrogens is 1. The van der Waals surface area contributed by atoms with Crippen LogP contribution < -0.4 is 10.6 Å². The molecule has 6 heteroatoms. The molecule has 0 atom stereocenters. The van der Waals surface area contributed by atoms with Crippen LogP contribution in [0.5, 0.6) is 0 Å². The molecule has 0 spiro atoms. The molecule has 5 nitrogen and oxygen atoms in total. The SMILES string of the molecule is CCCNc1ccc(C(=O)NC2CCS(=O)CC2)nc1. The second-order valence-electron chi connectivity index (χ2n) is 4.95. The maximum atomic E-state index is 12.0. The molecule has 0 unspecified atom stereocenters. The molecule has 0 aromatic carbocycles. The Bertz CT molecular complexity index is 466. The lowest BCUT2D eigenvalue weighted by Crippen LogP contribution is -2.39. The molecule has 1 amide bonds. The first-order chi connectivity index (χ1) is 9.69. The monoisotopic (exact) mass is 295 g/mol. The van der Waals surface area contributed by atoms with Crippen molar-refractivity contribution in [2.24, 2.45) is 0 Å². The highest BCUT2D eigenvalue weighted by molar-refractivity contribution is 7.85. The second kappa shape index (κ2) is 7.38. The molecular formula is C14H21N3O2S. The average Bonchev–Trinajstić information content (AvgIpc) is 2.48. The zero-order chi connectivity index (χ0) is 14.4. The van der Waals surface area contributed by atoms with Crippen molar-refractivity contribution in [1.82, 2.24) is 10.3 Å². The van der Waals surface area contributed by atoms with E-state index in [1.165, 1.54) is 0 Å². The molecule has 0 aliphatic carbocycles. The first-order valence-corrected chi connectivity index (χ1v) is 8.53. The standard InChI is InChI=1S/C14H21N3O2S/c1-2-7-15-12-3-4-13(16-10-12)14(18)17-11-5-8-20(19)9-6-11/h3-4,10-11,15H,2,5-9H2,1H3,(H,17,18). The second-order valence-corrected chi connectivity index (χ2v) is 6.65. The zero-order valence-electron chi connectivity index (χ0n) is 11.7. The average molecular weight is 295 g/mol. The minimum absolute atomic E-state index is 0.125. The normalized spacial score (nSPS) is 22.2. The Morgan fingerprint density at radius 1 is 1.40 bits per heavy atom. The van der Waals surface area contributed by atoms with Crippen molar-refractivity contribution >= 4 is 22.4 Å². The minimum Gasteiger partial charge on any atom is -0.384 e. The van der Waals surface area contributed by atoms with Crippen LogP contribution in [0.15, 0.2) is 18.3 Å². The van der Waals surface area contributed by atoms with E-state index in [0.717, 1.165) is 31.5 Å². The van der Waals surface area contributed by atoms with Crippen molar-refractivity contribution in [3.05, 3.63) is 24.0 Å². The molecule has 20 heavy (non-hydrogen) atoms. The molecule has 1 aromatic heterocycles. The first kappa shape index (κ1) is 15.0. The van der Waals surface area contributed by atoms with E-state index in [-0.39, 0.29) is 11.9 Å². The summed E-state index contributed by atoms with van der Waals surface area (Å²) in [6, 6.07) is 3.72. The number of nitrogens with zero attached hydrogens (tertiary/aromatic N) is 1. The number of hydrogen-bond donors (Lipinski definition) is 2. The van der Waals surface area contributed by atoms with Gasteiger partial charge in [0.2, 0.25) is 0 Å². The highest BCUT2D eigenvalue weighted by Crippen LogP contribution is 2.11. The molecule has 0 bridgehead atoms. The van der Waals surface area contributed by atoms with Crippen molar-refractivity contribution in [3.8, 4) is 0 Å². The van der Waals surface area contributed by atoms with E-state index in [0.29, 0.717) is 17.2 Å². The number of nitrogens with one attached hydrogen (secondary N) is 2. The van der Waals surface area contributed by atoms with Gasteiger partial charge < -0.3 is 10.6 Å². The van der Waals surface area contributed by atoms with Gasteiger partial charge in [-0.2, -0.15) is 0 Å². The number of rotatable bonds is 5. The fourth-order valence-corrected chi connectivity index (χ4v) is 3.40. The summed E-state index contributed by atoms with van der Waals surface area (Å²) in [5.41, 5.74) is 1.36. The van der Waals surface area contributed by atoms with E-state index >= 15 is 0 Å². The highest BCUT2D eigenvalue weighted by Gasteiger charge is 2.20. The summed E-state index contributed by atoms with van der Waals surface area (Å²) in [5.74, 6) is 1.21. The van der Waals surface area contributed by atoms with Crippen LogP contribution >= 0.6 is 0 Å². The summed E-state index contributed by atoms with van der Waals surface area (Å²) in [7, 11) is -0.702. The van der Waals surface area contributed by atoms with Gasteiger partial charge in [-0.3, -0.25) is 9.00 Å². The van der Waals surface area contributed by atoms with Crippen molar-refractivity contribution in [2.45, 2.75) is 32.2 Å². The maximum Gasteiger partial charge on any atom is 0.270 e. The van der Waals surface area contributed by atoms with Gasteiger partial charge in [0.05, 0.1) is 11.9 Å². The number of hydrogen-bond acceptors (Lipinski definition) is 4. The highest BCUT2D eigenvalue weighted by atomic mass is 32.2. The molecule has 2 heterocycles. The van der Waals surface area contributed by atoms with Crippen LogP contribution in [0.25, 0.3) is 0 Å². The van der Waals surface area contributed by atoms with E-state index in [2.05, 4.69) is 22.5 Å². The van der Waals surface area contributed by atoms with Crippen molar-refractivity contribution in [1.29, 1.82) is 0 Å². The lowest BCUT2D eigenvalue weighted by Gasteiger charge is -2.22. The Morgan fingerprint density at radius 2 is 2.15 bits per heavy atom. The van der Waals surface area contributed by atoms with Gasteiger partial charge in [0.25, 0.3) is 5.91 Å². The van der Waals surface area contributed by atoms with Crippen molar-refractivity contribution in [2.75, 3.05) is 23.4 Å². The van der Waals surface area contributed by atoms with Crippen LogP contribution in [0.1, 0.15) is 36.7 Å². The van der Waals surface area contributed by atoms with E-state index in [1.54, 1.807) is 12.3 Å². The van der Waals surface area contributed by atoms with Gasteiger partial charge in [-0.25, -0.2) is 4.98 Å². The minimum atomic E-state index is -0.702. The van der Waals surface area contributed by atoms with Crippen LogP contribution in [0.2, 0.25) is 0 Å². The third kappa shape index (κ3) is 4.30. The number of carbonyl (C=O) groups is 1. The van der Waals surface area contributed by atoms with Gasteiger partial charge >= 0.3 is 0 Å². The maximum absolute atomic E-state index is 12.0. The van der Waals surface area contributed by atoms with Crippen LogP contribution in [0, 0.1) is 0 Å². The molecule has 1 saturated heterocycles. The number of amides is 1. The zero-order valence-corrected chi connectivity index (χ0v) is 12.5. The van der Waals surface area contributed by atoms with Crippen LogP contribution in [-0.2, 0) is 10.8 Å². The summed E-state index contributed by atoms with van der Waals surface area (Å²) in [6.07, 6.45) is 4.30. The fraction of sp³-hybridized carbons (Fsp3) is 0.571. The molecule has 1 fully saturated rings. The Labute approximate surface area is 122 Å². The van der Waals surface area contributed by atoms with E-state index in [9.17, 15) is 9.00 Å². The van der Waals surface area contributed by atoms with Crippen LogP contribution in [-0.4, -0.2) is 39.2 Å². The number of anilines is 1. The van der Waals surface area contributed by atoms with Gasteiger partial charge in [-0.1, -0.05) is 6.92 Å². The lowest BCUT2D eigenvalue weighted by molar-refractivity contribution is 0.0929. The summed E-state index contributed by atoms with van der Waals surface area (Å²) < 4.78 is 11.3. The smallest absolute Gasteiger partial charge is 0.270 e. The number of carbonyl (C=O) groups excluding carboxylic acids is 1. The van der Waals surface area contributed by atoms with Gasteiger partial charge in [0.15, 0.2) is 0 Å². The molecule has 110 valence electrons. The molecule has 1 aliphatic heterocycles. The Balaban J connectivity index is 1.87. The molecule has 1 aliphatic rings. The van der Waals surface area contributed by atoms with E-state index < -0.39 is 10.8 Å². The van der Waals surface area contributed by atoms with E-state index in [1.807, 2.05) is 6.07 Å². The topological polar surface area (TPSA) is 71.1 Å². The Hall–Kier alpha value is -1.43. The van der Waals surface area contributed by atoms with Crippen LogP contribution in [0.3, 0.4) is 0 Å². The van der Waals surface area contributed by atoms with Gasteiger partial charge in [-0.05, 0) is 31.4 Å². The van der Waals surface area contributed by atoms with Gasteiger partial charge in [-0.15, -0.1) is 0 Å². The molecule has 0 radical (unpaired) electrons. The quantitative estimate of drug-likeness (QED) is 0.864. The molecular weight excluding hydrogens is 274 g/mol. The molecule has 1 aromatic rings. The van der Waals surface area contributed by atoms with Crippen LogP contribution in [0.4, 0.5) is 5.69 Å². The van der Waals surface area contributed by atoms with Gasteiger partial charge in [0, 0.05) is 34.9 Å². The summed E-state index contributed by atoms with van der Waals surface area (Å²) in [4.78, 5) is 16.2. The first-order valence-electron chi connectivity index (χ1n) is 7.05. The van der Waals surface area contributed by atoms with Crippen molar-refractivity contribution < 1.29 is 9.00 Å². The largest absolute Gasteiger partial charge is 0.384 e. The summed E-state index contributed by atoms with van der Waals surface area (Å²) >= 11 is 0. The molecule has 2 N–H and O–H groups in total. The Morgan fingerprint density at radius 3 is 2.75 bits per heavy atom. The third-order valence-electron chi connectivity index (χ3n) is 3.30. The summed E-state index contributed by atoms with van der Waals surface area (Å²) in [6.45, 7) is 2.99. The molecule has 0 saturated carbocycles.